The van der Waals surface area contributed by atoms with Crippen LogP contribution in [0.5, 0.6) is 0 Å². The van der Waals surface area contributed by atoms with Gasteiger partial charge in [0.2, 0.25) is 0 Å². The maximum atomic E-state index is 6.15. The summed E-state index contributed by atoms with van der Waals surface area (Å²) in [5, 5.41) is 7.74. The first-order valence-electron chi connectivity index (χ1n) is 7.88. The third kappa shape index (κ3) is 5.77. The predicted octanol–water partition coefficient (Wildman–Crippen LogP) is 1.79. The van der Waals surface area contributed by atoms with Gasteiger partial charge in [-0.05, 0) is 40.7 Å². The molecule has 21 heavy (non-hydrogen) atoms. The molecule has 0 radical (unpaired) electrons. The van der Waals surface area contributed by atoms with Gasteiger partial charge in [0.15, 0.2) is 0 Å². The van der Waals surface area contributed by atoms with E-state index >= 15 is 0 Å². The van der Waals surface area contributed by atoms with E-state index in [1.165, 1.54) is 5.56 Å². The summed E-state index contributed by atoms with van der Waals surface area (Å²) >= 11 is 0. The van der Waals surface area contributed by atoms with Gasteiger partial charge in [0.25, 0.3) is 0 Å². The summed E-state index contributed by atoms with van der Waals surface area (Å²) in [7, 11) is 4.10. The molecular weight excluding hydrogens is 264 g/mol. The Morgan fingerprint density at radius 2 is 2.10 bits per heavy atom. The van der Waals surface area contributed by atoms with Crippen molar-refractivity contribution in [3.63, 3.8) is 0 Å². The van der Waals surface area contributed by atoms with Gasteiger partial charge in [-0.1, -0.05) is 0 Å². The van der Waals surface area contributed by atoms with Gasteiger partial charge in [0.1, 0.15) is 0 Å². The molecule has 1 aliphatic rings. The van der Waals surface area contributed by atoms with Crippen LogP contribution in [0, 0.1) is 0 Å². The van der Waals surface area contributed by atoms with E-state index in [2.05, 4.69) is 49.3 Å². The van der Waals surface area contributed by atoms with Crippen molar-refractivity contribution >= 4 is 0 Å². The molecule has 1 aromatic rings. The Bertz CT molecular complexity index is 438. The fraction of sp³-hybridized carbons (Fsp3) is 0.812. The Morgan fingerprint density at radius 1 is 1.38 bits per heavy atom. The van der Waals surface area contributed by atoms with Crippen LogP contribution < -0.4 is 5.32 Å². The van der Waals surface area contributed by atoms with Crippen molar-refractivity contribution in [3.8, 4) is 0 Å². The van der Waals surface area contributed by atoms with Gasteiger partial charge in [-0.25, -0.2) is 0 Å². The number of nitrogens with one attached hydrogen (secondary N) is 1. The highest BCUT2D eigenvalue weighted by molar-refractivity contribution is 5.03. The summed E-state index contributed by atoms with van der Waals surface area (Å²) in [6, 6.07) is 0. The number of ether oxygens (including phenoxy) is 1. The van der Waals surface area contributed by atoms with Crippen LogP contribution in [0.25, 0.3) is 0 Å². The fourth-order valence-corrected chi connectivity index (χ4v) is 2.76. The van der Waals surface area contributed by atoms with Crippen molar-refractivity contribution in [3.05, 3.63) is 18.0 Å². The molecule has 0 aromatic carbocycles. The molecule has 1 aromatic heterocycles. The van der Waals surface area contributed by atoms with Crippen LogP contribution in [0.2, 0.25) is 0 Å². The smallest absolute Gasteiger partial charge is 0.0707 e. The maximum Gasteiger partial charge on any atom is 0.0707 e. The first-order valence-corrected chi connectivity index (χ1v) is 7.88. The highest BCUT2D eigenvalue weighted by Crippen LogP contribution is 2.21. The fourth-order valence-electron chi connectivity index (χ4n) is 2.76. The Hall–Kier alpha value is -0.910. The zero-order valence-electron chi connectivity index (χ0n) is 14.1. The molecule has 1 aliphatic heterocycles. The Labute approximate surface area is 128 Å². The molecular formula is C16H30N4O. The van der Waals surface area contributed by atoms with Gasteiger partial charge in [0.05, 0.1) is 18.4 Å². The van der Waals surface area contributed by atoms with Crippen molar-refractivity contribution in [2.45, 2.75) is 57.9 Å². The van der Waals surface area contributed by atoms with Crippen molar-refractivity contribution < 1.29 is 4.74 Å². The monoisotopic (exact) mass is 294 g/mol. The molecule has 0 saturated carbocycles. The molecule has 0 bridgehead atoms. The topological polar surface area (TPSA) is 42.3 Å². The van der Waals surface area contributed by atoms with Gasteiger partial charge in [-0.2, -0.15) is 5.10 Å². The standard InChI is InChI=1S/C16H30N4O/c1-16(2,3)17-9-14-6-7-15(21-14)12-19(4)10-13-8-18-20(5)11-13/h8,11,14-15,17H,6-7,9-10,12H2,1-5H3. The van der Waals surface area contributed by atoms with Crippen molar-refractivity contribution in [2.75, 3.05) is 20.1 Å². The molecule has 1 saturated heterocycles. The number of hydrogen-bond acceptors (Lipinski definition) is 4. The zero-order valence-corrected chi connectivity index (χ0v) is 14.1. The first-order chi connectivity index (χ1) is 9.82. The highest BCUT2D eigenvalue weighted by Gasteiger charge is 2.27. The molecule has 1 N–H and O–H groups in total. The first kappa shape index (κ1) is 16.5. The maximum absolute atomic E-state index is 6.15. The number of likely N-dealkylation sites (N-methyl/N-ethyl adjacent to an activating group) is 1. The Balaban J connectivity index is 1.69. The molecule has 2 unspecified atom stereocenters. The molecule has 0 aliphatic carbocycles. The van der Waals surface area contributed by atoms with Gasteiger partial charge in [-0.15, -0.1) is 0 Å². The summed E-state index contributed by atoms with van der Waals surface area (Å²) in [5.41, 5.74) is 1.42. The molecule has 2 rings (SSSR count). The van der Waals surface area contributed by atoms with Crippen LogP contribution in [0.3, 0.4) is 0 Å². The number of rotatable bonds is 6. The second kappa shape index (κ2) is 6.90. The average Bonchev–Trinajstić information content (AvgIpc) is 2.95. The van der Waals surface area contributed by atoms with Gasteiger partial charge in [0, 0.05) is 44.0 Å². The molecule has 5 nitrogen and oxygen atoms in total. The minimum Gasteiger partial charge on any atom is -0.372 e. The molecule has 1 fully saturated rings. The molecule has 120 valence electrons. The molecule has 5 heteroatoms. The summed E-state index contributed by atoms with van der Waals surface area (Å²) in [4.78, 5) is 2.32. The lowest BCUT2D eigenvalue weighted by molar-refractivity contribution is 0.0241. The lowest BCUT2D eigenvalue weighted by Crippen LogP contribution is -2.41. The molecule has 0 spiro atoms. The van der Waals surface area contributed by atoms with E-state index < -0.39 is 0 Å². The van der Waals surface area contributed by atoms with E-state index in [0.717, 1.165) is 32.5 Å². The second-order valence-electron chi connectivity index (χ2n) is 7.31. The third-order valence-corrected chi connectivity index (χ3v) is 3.78. The third-order valence-electron chi connectivity index (χ3n) is 3.78. The number of aromatic nitrogens is 2. The number of aryl methyl sites for hydroxylation is 1. The van der Waals surface area contributed by atoms with E-state index in [9.17, 15) is 0 Å². The average molecular weight is 294 g/mol. The molecule has 0 amide bonds. The minimum absolute atomic E-state index is 0.165. The van der Waals surface area contributed by atoms with Crippen molar-refractivity contribution in [1.82, 2.24) is 20.0 Å². The summed E-state index contributed by atoms with van der Waals surface area (Å²) in [6.07, 6.45) is 7.05. The zero-order chi connectivity index (χ0) is 15.5. The normalized spacial score (nSPS) is 23.1. The quantitative estimate of drug-likeness (QED) is 0.868. The van der Waals surface area contributed by atoms with Crippen LogP contribution in [-0.2, 0) is 18.3 Å². The second-order valence-corrected chi connectivity index (χ2v) is 7.31. The highest BCUT2D eigenvalue weighted by atomic mass is 16.5. The van der Waals surface area contributed by atoms with E-state index in [4.69, 9.17) is 4.74 Å². The van der Waals surface area contributed by atoms with Crippen LogP contribution in [-0.4, -0.2) is 52.6 Å². The van der Waals surface area contributed by atoms with E-state index in [0.29, 0.717) is 12.2 Å². The largest absolute Gasteiger partial charge is 0.372 e. The Morgan fingerprint density at radius 3 is 2.71 bits per heavy atom. The van der Waals surface area contributed by atoms with Gasteiger partial charge < -0.3 is 10.1 Å². The van der Waals surface area contributed by atoms with E-state index in [-0.39, 0.29) is 5.54 Å². The SMILES string of the molecule is CN(Cc1cnn(C)c1)CC1CCC(CNC(C)(C)C)O1. The summed E-state index contributed by atoms with van der Waals surface area (Å²) < 4.78 is 8.00. The Kier molecular flexibility index (Phi) is 5.41. The van der Waals surface area contributed by atoms with Crippen LogP contribution in [0.1, 0.15) is 39.2 Å². The summed E-state index contributed by atoms with van der Waals surface area (Å²) in [6.45, 7) is 9.45. The van der Waals surface area contributed by atoms with Crippen LogP contribution in [0.15, 0.2) is 12.4 Å². The van der Waals surface area contributed by atoms with Gasteiger partial charge >= 0.3 is 0 Å². The molecule has 2 atom stereocenters. The van der Waals surface area contributed by atoms with Crippen LogP contribution >= 0.6 is 0 Å². The molecule has 2 heterocycles. The van der Waals surface area contributed by atoms with Crippen LogP contribution in [0.4, 0.5) is 0 Å². The predicted molar refractivity (Wildman–Crippen MR) is 85.2 cm³/mol. The number of nitrogens with zero attached hydrogens (tertiary/aromatic N) is 3. The lowest BCUT2D eigenvalue weighted by atomic mass is 10.1. The minimum atomic E-state index is 0.165. The lowest BCUT2D eigenvalue weighted by Gasteiger charge is -2.24. The van der Waals surface area contributed by atoms with Gasteiger partial charge in [-0.3, -0.25) is 9.58 Å². The number of hydrogen-bond donors (Lipinski definition) is 1. The van der Waals surface area contributed by atoms with Crippen molar-refractivity contribution in [2.24, 2.45) is 7.05 Å². The van der Waals surface area contributed by atoms with E-state index in [1.807, 2.05) is 17.9 Å². The van der Waals surface area contributed by atoms with E-state index in [1.54, 1.807) is 0 Å². The van der Waals surface area contributed by atoms with Crippen molar-refractivity contribution in [1.29, 1.82) is 0 Å². The summed E-state index contributed by atoms with van der Waals surface area (Å²) in [5.74, 6) is 0.